The minimum atomic E-state index is -3.61. The Morgan fingerprint density at radius 1 is 1.06 bits per heavy atom. The van der Waals surface area contributed by atoms with E-state index in [1.807, 2.05) is 13.8 Å². The molecule has 3 aromatic rings. The molecule has 0 saturated heterocycles. The number of halogens is 1. The number of hydrogen-bond donors (Lipinski definition) is 1. The maximum absolute atomic E-state index is 13.2. The third-order valence-electron chi connectivity index (χ3n) is 4.85. The van der Waals surface area contributed by atoms with Crippen molar-refractivity contribution in [1.82, 2.24) is 9.29 Å². The predicted molar refractivity (Wildman–Crippen MR) is 123 cm³/mol. The van der Waals surface area contributed by atoms with Gasteiger partial charge in [-0.25, -0.2) is 17.8 Å². The normalized spacial score (nSPS) is 11.9. The van der Waals surface area contributed by atoms with Gasteiger partial charge in [-0.2, -0.15) is 4.31 Å². The molecule has 1 amide bonds. The van der Waals surface area contributed by atoms with Crippen LogP contribution in [-0.4, -0.2) is 36.7 Å². The summed E-state index contributed by atoms with van der Waals surface area (Å²) in [6, 6.07) is 10.0. The predicted octanol–water partition coefficient (Wildman–Crippen LogP) is 5.28. The summed E-state index contributed by atoms with van der Waals surface area (Å²) in [6.07, 6.45) is 3.46. The second kappa shape index (κ2) is 10.3. The summed E-state index contributed by atoms with van der Waals surface area (Å²) in [4.78, 5) is 16.9. The van der Waals surface area contributed by atoms with Crippen LogP contribution in [0.25, 0.3) is 10.2 Å². The van der Waals surface area contributed by atoms with E-state index in [1.165, 1.54) is 35.6 Å². The molecule has 0 unspecified atom stereocenters. The molecule has 3 rings (SSSR count). The Kier molecular flexibility index (Phi) is 7.74. The van der Waals surface area contributed by atoms with Crippen LogP contribution in [0.15, 0.2) is 47.4 Å². The molecule has 0 aliphatic heterocycles. The highest BCUT2D eigenvalue weighted by Gasteiger charge is 2.24. The van der Waals surface area contributed by atoms with E-state index in [-0.39, 0.29) is 4.90 Å². The lowest BCUT2D eigenvalue weighted by Gasteiger charge is -2.21. The zero-order valence-corrected chi connectivity index (χ0v) is 19.2. The Bertz CT molecular complexity index is 1140. The van der Waals surface area contributed by atoms with Crippen LogP contribution < -0.4 is 5.32 Å². The number of hydrogen-bond acceptors (Lipinski definition) is 5. The van der Waals surface area contributed by atoms with E-state index < -0.39 is 21.7 Å². The largest absolute Gasteiger partial charge is 0.298 e. The van der Waals surface area contributed by atoms with Gasteiger partial charge in [-0.15, -0.1) is 0 Å². The van der Waals surface area contributed by atoms with Gasteiger partial charge >= 0.3 is 0 Å². The summed E-state index contributed by atoms with van der Waals surface area (Å²) in [5, 5.41) is 3.04. The average Bonchev–Trinajstić information content (AvgIpc) is 3.15. The van der Waals surface area contributed by atoms with Gasteiger partial charge in [0.15, 0.2) is 5.13 Å². The van der Waals surface area contributed by atoms with E-state index in [2.05, 4.69) is 10.3 Å². The van der Waals surface area contributed by atoms with Crippen LogP contribution in [0.5, 0.6) is 0 Å². The lowest BCUT2D eigenvalue weighted by atomic mass is 10.2. The van der Waals surface area contributed by atoms with E-state index in [4.69, 9.17) is 0 Å². The van der Waals surface area contributed by atoms with Crippen molar-refractivity contribution in [3.8, 4) is 0 Å². The molecule has 1 N–H and O–H groups in total. The highest BCUT2D eigenvalue weighted by atomic mass is 32.2. The zero-order chi connectivity index (χ0) is 22.4. The third-order valence-corrected chi connectivity index (χ3v) is 7.67. The molecule has 0 bridgehead atoms. The summed E-state index contributed by atoms with van der Waals surface area (Å²) in [7, 11) is -3.61. The van der Waals surface area contributed by atoms with Crippen molar-refractivity contribution < 1.29 is 17.6 Å². The van der Waals surface area contributed by atoms with Gasteiger partial charge in [0.25, 0.3) is 5.91 Å². The van der Waals surface area contributed by atoms with Gasteiger partial charge in [0.1, 0.15) is 5.82 Å². The lowest BCUT2D eigenvalue weighted by Crippen LogP contribution is -2.33. The minimum absolute atomic E-state index is 0.229. The van der Waals surface area contributed by atoms with Crippen LogP contribution >= 0.6 is 11.3 Å². The first-order valence-electron chi connectivity index (χ1n) is 10.3. The van der Waals surface area contributed by atoms with Crippen molar-refractivity contribution in [2.75, 3.05) is 18.4 Å². The van der Waals surface area contributed by atoms with Crippen molar-refractivity contribution in [2.24, 2.45) is 0 Å². The first-order valence-corrected chi connectivity index (χ1v) is 12.6. The van der Waals surface area contributed by atoms with Gasteiger partial charge in [0, 0.05) is 18.7 Å². The molecule has 0 aliphatic rings. The van der Waals surface area contributed by atoms with Gasteiger partial charge in [-0.1, -0.05) is 38.0 Å². The molecular formula is C22H26FN3O3S2. The van der Waals surface area contributed by atoms with Crippen molar-refractivity contribution in [1.29, 1.82) is 0 Å². The van der Waals surface area contributed by atoms with Crippen LogP contribution in [0.2, 0.25) is 0 Å². The van der Waals surface area contributed by atoms with Crippen molar-refractivity contribution in [2.45, 2.75) is 44.4 Å². The summed E-state index contributed by atoms with van der Waals surface area (Å²) in [5.41, 5.74) is 0.915. The molecule has 1 aromatic heterocycles. The number of aromatic nitrogens is 1. The number of carbonyl (C=O) groups excluding carboxylic acids is 1. The fourth-order valence-corrected chi connectivity index (χ4v) is 5.58. The molecular weight excluding hydrogens is 437 g/mol. The van der Waals surface area contributed by atoms with E-state index in [0.717, 1.165) is 25.7 Å². The van der Waals surface area contributed by atoms with Crippen molar-refractivity contribution in [3.63, 3.8) is 0 Å². The number of benzene rings is 2. The summed E-state index contributed by atoms with van der Waals surface area (Å²) < 4.78 is 41.7. The topological polar surface area (TPSA) is 79.4 Å². The molecule has 0 radical (unpaired) electrons. The second-order valence-electron chi connectivity index (χ2n) is 7.22. The van der Waals surface area contributed by atoms with E-state index in [9.17, 15) is 17.6 Å². The van der Waals surface area contributed by atoms with Crippen molar-refractivity contribution in [3.05, 3.63) is 53.8 Å². The van der Waals surface area contributed by atoms with Gasteiger partial charge in [0.2, 0.25) is 10.0 Å². The number of nitrogens with one attached hydrogen (secondary N) is 1. The molecule has 166 valence electrons. The van der Waals surface area contributed by atoms with Crippen LogP contribution in [0, 0.1) is 5.82 Å². The van der Waals surface area contributed by atoms with E-state index in [1.54, 1.807) is 22.5 Å². The SMILES string of the molecule is CCCCN(CCCC)S(=O)(=O)c1ccc2nc(NC(=O)c3ccc(F)cc3)sc2c1. The molecule has 6 nitrogen and oxygen atoms in total. The van der Waals surface area contributed by atoms with Gasteiger partial charge in [-0.3, -0.25) is 10.1 Å². The Morgan fingerprint density at radius 2 is 1.71 bits per heavy atom. The number of sulfonamides is 1. The number of anilines is 1. The average molecular weight is 464 g/mol. The maximum atomic E-state index is 13.2. The van der Waals surface area contributed by atoms with Gasteiger partial charge in [0.05, 0.1) is 15.1 Å². The molecule has 0 atom stereocenters. The number of unbranched alkanes of at least 4 members (excludes halogenated alkanes) is 2. The molecule has 0 spiro atoms. The summed E-state index contributed by atoms with van der Waals surface area (Å²) >= 11 is 1.20. The van der Waals surface area contributed by atoms with E-state index >= 15 is 0 Å². The summed E-state index contributed by atoms with van der Waals surface area (Å²) in [5.74, 6) is -0.825. The zero-order valence-electron chi connectivity index (χ0n) is 17.6. The molecule has 31 heavy (non-hydrogen) atoms. The van der Waals surface area contributed by atoms with Gasteiger partial charge < -0.3 is 0 Å². The van der Waals surface area contributed by atoms with Crippen molar-refractivity contribution >= 4 is 42.6 Å². The quantitative estimate of drug-likeness (QED) is 0.444. The summed E-state index contributed by atoms with van der Waals surface area (Å²) in [6.45, 7) is 5.07. The highest BCUT2D eigenvalue weighted by molar-refractivity contribution is 7.89. The molecule has 1 heterocycles. The number of carbonyl (C=O) groups is 1. The Labute approximate surface area is 186 Å². The first kappa shape index (κ1) is 23.3. The monoisotopic (exact) mass is 463 g/mol. The fraction of sp³-hybridized carbons (Fsp3) is 0.364. The number of rotatable bonds is 10. The van der Waals surface area contributed by atoms with Crippen LogP contribution in [-0.2, 0) is 10.0 Å². The standard InChI is InChI=1S/C22H26FN3O3S2/c1-3-5-13-26(14-6-4-2)31(28,29)18-11-12-19-20(15-18)30-22(24-19)25-21(27)16-7-9-17(23)10-8-16/h7-12,15H,3-6,13-14H2,1-2H3,(H,24,25,27). The molecule has 0 aliphatic carbocycles. The number of nitrogens with zero attached hydrogens (tertiary/aromatic N) is 2. The molecule has 0 fully saturated rings. The number of amides is 1. The lowest BCUT2D eigenvalue weighted by molar-refractivity contribution is 0.102. The Morgan fingerprint density at radius 3 is 2.32 bits per heavy atom. The number of thiazole rings is 1. The van der Waals surface area contributed by atoms with Crippen LogP contribution in [0.3, 0.4) is 0 Å². The number of fused-ring (bicyclic) bond motifs is 1. The molecule has 2 aromatic carbocycles. The first-order chi connectivity index (χ1) is 14.8. The second-order valence-corrected chi connectivity index (χ2v) is 10.2. The highest BCUT2D eigenvalue weighted by Crippen LogP contribution is 2.29. The van der Waals surface area contributed by atoms with E-state index in [0.29, 0.717) is 34.0 Å². The maximum Gasteiger partial charge on any atom is 0.257 e. The Balaban J connectivity index is 1.83. The van der Waals surface area contributed by atoms with Crippen LogP contribution in [0.1, 0.15) is 49.9 Å². The third kappa shape index (κ3) is 5.66. The smallest absolute Gasteiger partial charge is 0.257 e. The van der Waals surface area contributed by atoms with Gasteiger partial charge in [-0.05, 0) is 55.3 Å². The molecule has 0 saturated carbocycles. The molecule has 9 heteroatoms. The van der Waals surface area contributed by atoms with Crippen LogP contribution in [0.4, 0.5) is 9.52 Å². The minimum Gasteiger partial charge on any atom is -0.298 e. The Hall–Kier alpha value is -2.36. The fourth-order valence-electron chi connectivity index (χ4n) is 3.06.